The van der Waals surface area contributed by atoms with E-state index in [1.807, 2.05) is 13.0 Å². The Morgan fingerprint density at radius 3 is 2.67 bits per heavy atom. The number of nitrogens with zero attached hydrogens (tertiary/aromatic N) is 1. The summed E-state index contributed by atoms with van der Waals surface area (Å²) in [6.07, 6.45) is 1.62. The van der Waals surface area contributed by atoms with Crippen molar-refractivity contribution in [2.75, 3.05) is 0 Å². The van der Waals surface area contributed by atoms with Crippen LogP contribution in [0.2, 0.25) is 0 Å². The van der Waals surface area contributed by atoms with E-state index in [-0.39, 0.29) is 11.5 Å². The zero-order chi connectivity index (χ0) is 15.5. The van der Waals surface area contributed by atoms with Crippen molar-refractivity contribution < 1.29 is 13.5 Å². The van der Waals surface area contributed by atoms with Gasteiger partial charge < -0.3 is 5.11 Å². The molecule has 0 bridgehead atoms. The van der Waals surface area contributed by atoms with Gasteiger partial charge in [-0.15, -0.1) is 0 Å². The third-order valence-electron chi connectivity index (χ3n) is 3.26. The van der Waals surface area contributed by atoms with Gasteiger partial charge >= 0.3 is 0 Å². The lowest BCUT2D eigenvalue weighted by Gasteiger charge is -2.14. The zero-order valence-electron chi connectivity index (χ0n) is 11.9. The maximum Gasteiger partial charge on any atom is 0.241 e. The molecule has 0 radical (unpaired) electrons. The number of nitrogens with one attached hydrogen (secondary N) is 1. The Balaban J connectivity index is 2.26. The first kappa shape index (κ1) is 15.6. The second-order valence-electron chi connectivity index (χ2n) is 4.84. The van der Waals surface area contributed by atoms with Gasteiger partial charge in [0.25, 0.3) is 0 Å². The maximum absolute atomic E-state index is 12.4. The maximum atomic E-state index is 12.4. The van der Waals surface area contributed by atoms with Gasteiger partial charge in [-0.2, -0.15) is 0 Å². The van der Waals surface area contributed by atoms with Crippen molar-refractivity contribution in [1.82, 2.24) is 9.71 Å². The van der Waals surface area contributed by atoms with E-state index in [1.165, 1.54) is 12.1 Å². The molecule has 1 aromatic carbocycles. The predicted molar refractivity (Wildman–Crippen MR) is 80.1 cm³/mol. The lowest BCUT2D eigenvalue weighted by atomic mass is 10.1. The molecule has 0 saturated carbocycles. The van der Waals surface area contributed by atoms with Gasteiger partial charge in [0.2, 0.25) is 10.0 Å². The number of aliphatic hydroxyl groups is 1. The fraction of sp³-hybridized carbons (Fsp3) is 0.267. The van der Waals surface area contributed by atoms with Crippen molar-refractivity contribution in [1.29, 1.82) is 0 Å². The Morgan fingerprint density at radius 1 is 1.29 bits per heavy atom. The number of benzene rings is 1. The number of aliphatic hydroxyl groups excluding tert-OH is 1. The first-order valence-electron chi connectivity index (χ1n) is 6.57. The van der Waals surface area contributed by atoms with Gasteiger partial charge in [0.15, 0.2) is 0 Å². The van der Waals surface area contributed by atoms with Crippen LogP contribution in [0.5, 0.6) is 0 Å². The molecule has 1 unspecified atom stereocenters. The molecule has 1 atom stereocenters. The normalized spacial score (nSPS) is 13.1. The number of hydrogen-bond acceptors (Lipinski definition) is 4. The van der Waals surface area contributed by atoms with E-state index >= 15 is 0 Å². The molecule has 112 valence electrons. The van der Waals surface area contributed by atoms with Crippen LogP contribution in [-0.2, 0) is 16.6 Å². The number of pyridine rings is 1. The molecule has 0 saturated heterocycles. The topological polar surface area (TPSA) is 79.3 Å². The van der Waals surface area contributed by atoms with E-state index in [0.29, 0.717) is 11.3 Å². The van der Waals surface area contributed by atoms with E-state index < -0.39 is 16.1 Å². The Bertz CT molecular complexity index is 715. The van der Waals surface area contributed by atoms with Crippen molar-refractivity contribution in [3.05, 3.63) is 59.4 Å². The molecule has 6 heteroatoms. The third kappa shape index (κ3) is 3.66. The molecule has 1 aromatic heterocycles. The zero-order valence-corrected chi connectivity index (χ0v) is 12.8. The van der Waals surface area contributed by atoms with Crippen molar-refractivity contribution >= 4 is 10.0 Å². The Hall–Kier alpha value is -1.76. The first-order valence-corrected chi connectivity index (χ1v) is 8.06. The van der Waals surface area contributed by atoms with E-state index in [0.717, 1.165) is 5.56 Å². The average Bonchev–Trinajstić information content (AvgIpc) is 2.48. The molecule has 2 N–H and O–H groups in total. The summed E-state index contributed by atoms with van der Waals surface area (Å²) in [5.74, 6) is 0. The fourth-order valence-corrected chi connectivity index (χ4v) is 3.25. The highest BCUT2D eigenvalue weighted by Gasteiger charge is 2.19. The first-order chi connectivity index (χ1) is 9.94. The quantitative estimate of drug-likeness (QED) is 0.884. The third-order valence-corrected chi connectivity index (χ3v) is 4.80. The molecular formula is C15H18N2O3S. The predicted octanol–water partition coefficient (Wildman–Crippen LogP) is 1.92. The summed E-state index contributed by atoms with van der Waals surface area (Å²) in [5, 5.41) is 9.24. The molecule has 2 rings (SSSR count). The van der Waals surface area contributed by atoms with Gasteiger partial charge in [-0.05, 0) is 49.2 Å². The van der Waals surface area contributed by atoms with Gasteiger partial charge in [-0.1, -0.05) is 12.1 Å². The molecule has 5 nitrogen and oxygen atoms in total. The Labute approximate surface area is 124 Å². The monoisotopic (exact) mass is 306 g/mol. The molecule has 0 fully saturated rings. The van der Waals surface area contributed by atoms with Gasteiger partial charge in [0, 0.05) is 6.20 Å². The summed E-state index contributed by atoms with van der Waals surface area (Å²) in [6, 6.07) is 9.62. The van der Waals surface area contributed by atoms with Crippen molar-refractivity contribution in [3.63, 3.8) is 0 Å². The smallest absolute Gasteiger partial charge is 0.241 e. The molecule has 21 heavy (non-hydrogen) atoms. The van der Waals surface area contributed by atoms with E-state index in [4.69, 9.17) is 0 Å². The highest BCUT2D eigenvalue weighted by atomic mass is 32.2. The Morgan fingerprint density at radius 2 is 2.05 bits per heavy atom. The lowest BCUT2D eigenvalue weighted by Crippen LogP contribution is -2.27. The van der Waals surface area contributed by atoms with Crippen LogP contribution in [0.4, 0.5) is 0 Å². The summed E-state index contributed by atoms with van der Waals surface area (Å²) in [6.45, 7) is 3.37. The summed E-state index contributed by atoms with van der Waals surface area (Å²) < 4.78 is 27.3. The fourth-order valence-electron chi connectivity index (χ4n) is 1.98. The van der Waals surface area contributed by atoms with Crippen molar-refractivity contribution in [2.45, 2.75) is 31.4 Å². The molecule has 0 aliphatic heterocycles. The minimum Gasteiger partial charge on any atom is -0.392 e. The van der Waals surface area contributed by atoms with Crippen LogP contribution < -0.4 is 4.72 Å². The highest BCUT2D eigenvalue weighted by molar-refractivity contribution is 7.89. The van der Waals surface area contributed by atoms with Crippen LogP contribution in [0.15, 0.2) is 47.5 Å². The molecule has 0 aliphatic rings. The number of rotatable bonds is 5. The van der Waals surface area contributed by atoms with Crippen LogP contribution in [0.1, 0.15) is 29.8 Å². The van der Waals surface area contributed by atoms with Gasteiger partial charge in [0.05, 0.1) is 23.2 Å². The molecule has 0 spiro atoms. The second-order valence-corrected chi connectivity index (χ2v) is 6.56. The minimum absolute atomic E-state index is 0.139. The summed E-state index contributed by atoms with van der Waals surface area (Å²) in [5.41, 5.74) is 2.10. The SMILES string of the molecule is Cc1ccc(S(=O)(=O)NC(C)c2ccccn2)cc1CO. The van der Waals surface area contributed by atoms with E-state index in [2.05, 4.69) is 9.71 Å². The molecule has 1 heterocycles. The second kappa shape index (κ2) is 6.34. The van der Waals surface area contributed by atoms with E-state index in [1.54, 1.807) is 31.3 Å². The van der Waals surface area contributed by atoms with Crippen molar-refractivity contribution in [3.8, 4) is 0 Å². The summed E-state index contributed by atoms with van der Waals surface area (Å²) >= 11 is 0. The molecular weight excluding hydrogens is 288 g/mol. The van der Waals surface area contributed by atoms with Gasteiger partial charge in [-0.25, -0.2) is 13.1 Å². The minimum atomic E-state index is -3.66. The standard InChI is InChI=1S/C15H18N2O3S/c1-11-6-7-14(9-13(11)10-18)21(19,20)17-12(2)15-5-3-4-8-16-15/h3-9,12,17-18H,10H2,1-2H3. The largest absolute Gasteiger partial charge is 0.392 e. The van der Waals surface area contributed by atoms with Gasteiger partial charge in [0.1, 0.15) is 0 Å². The number of hydrogen-bond donors (Lipinski definition) is 2. The molecule has 2 aromatic rings. The highest BCUT2D eigenvalue weighted by Crippen LogP contribution is 2.18. The van der Waals surface area contributed by atoms with Crippen LogP contribution in [0.3, 0.4) is 0 Å². The average molecular weight is 306 g/mol. The van der Waals surface area contributed by atoms with Crippen LogP contribution >= 0.6 is 0 Å². The summed E-state index contributed by atoms with van der Waals surface area (Å²) in [7, 11) is -3.66. The molecule has 0 aliphatic carbocycles. The van der Waals surface area contributed by atoms with Crippen LogP contribution in [0, 0.1) is 6.92 Å². The number of sulfonamides is 1. The van der Waals surface area contributed by atoms with Crippen molar-refractivity contribution in [2.24, 2.45) is 0 Å². The summed E-state index contributed by atoms with van der Waals surface area (Å²) in [4.78, 5) is 4.28. The number of aryl methyl sites for hydroxylation is 1. The van der Waals surface area contributed by atoms with Gasteiger partial charge in [-0.3, -0.25) is 4.98 Å². The lowest BCUT2D eigenvalue weighted by molar-refractivity contribution is 0.280. The molecule has 0 amide bonds. The Kier molecular flexibility index (Phi) is 4.72. The van der Waals surface area contributed by atoms with Crippen LogP contribution in [-0.4, -0.2) is 18.5 Å². The van der Waals surface area contributed by atoms with E-state index in [9.17, 15) is 13.5 Å². The van der Waals surface area contributed by atoms with Crippen LogP contribution in [0.25, 0.3) is 0 Å². The number of aromatic nitrogens is 1.